The molecule has 2 aromatic rings. The van der Waals surface area contributed by atoms with E-state index in [0.717, 1.165) is 22.3 Å². The second-order valence-corrected chi connectivity index (χ2v) is 3.61. The molecule has 1 heterocycles. The van der Waals surface area contributed by atoms with Crippen molar-refractivity contribution in [1.29, 1.82) is 0 Å². The molecule has 15 heavy (non-hydrogen) atoms. The van der Waals surface area contributed by atoms with Crippen molar-refractivity contribution in [2.24, 2.45) is 0 Å². The van der Waals surface area contributed by atoms with E-state index in [2.05, 4.69) is 6.58 Å². The first kappa shape index (κ1) is 9.99. The lowest BCUT2D eigenvalue weighted by Gasteiger charge is -2.06. The number of hydrogen-bond donors (Lipinski definition) is 1. The van der Waals surface area contributed by atoms with Gasteiger partial charge in [0.05, 0.1) is 6.10 Å². The number of aryl methyl sites for hydroxylation is 1. The number of fused-ring (bicyclic) bond motifs is 1. The molecule has 78 valence electrons. The molecule has 2 heteroatoms. The topological polar surface area (TPSA) is 33.4 Å². The number of rotatable bonds is 3. The Balaban J connectivity index is 2.58. The summed E-state index contributed by atoms with van der Waals surface area (Å²) in [5.41, 5.74) is 1.71. The van der Waals surface area contributed by atoms with E-state index in [1.807, 2.05) is 31.2 Å². The normalized spacial score (nSPS) is 12.9. The van der Waals surface area contributed by atoms with Crippen LogP contribution in [0, 0.1) is 6.92 Å². The van der Waals surface area contributed by atoms with Gasteiger partial charge in [-0.3, -0.25) is 0 Å². The van der Waals surface area contributed by atoms with Crippen molar-refractivity contribution >= 4 is 11.0 Å². The van der Waals surface area contributed by atoms with E-state index in [9.17, 15) is 5.11 Å². The van der Waals surface area contributed by atoms with Crippen LogP contribution in [-0.4, -0.2) is 5.11 Å². The largest absolute Gasteiger partial charge is 0.461 e. The average molecular weight is 202 g/mol. The fraction of sp³-hybridized carbons (Fsp3) is 0.231. The fourth-order valence-electron chi connectivity index (χ4n) is 1.88. The van der Waals surface area contributed by atoms with Crippen molar-refractivity contribution in [3.63, 3.8) is 0 Å². The third-order valence-electron chi connectivity index (χ3n) is 2.54. The van der Waals surface area contributed by atoms with Gasteiger partial charge in [-0.15, -0.1) is 6.58 Å². The molecule has 1 N–H and O–H groups in total. The van der Waals surface area contributed by atoms with E-state index >= 15 is 0 Å². The lowest BCUT2D eigenvalue weighted by molar-refractivity contribution is 0.181. The summed E-state index contributed by atoms with van der Waals surface area (Å²) in [6, 6.07) is 7.75. The Labute approximate surface area is 88.8 Å². The summed E-state index contributed by atoms with van der Waals surface area (Å²) in [4.78, 5) is 0. The minimum Gasteiger partial charge on any atom is -0.461 e. The summed E-state index contributed by atoms with van der Waals surface area (Å²) in [6.07, 6.45) is 1.74. The number of para-hydroxylation sites is 1. The second kappa shape index (κ2) is 3.91. The third kappa shape index (κ3) is 1.68. The number of aliphatic hydroxyl groups excluding tert-OH is 1. The van der Waals surface area contributed by atoms with Crippen molar-refractivity contribution < 1.29 is 9.52 Å². The molecule has 1 unspecified atom stereocenters. The Hall–Kier alpha value is -1.54. The van der Waals surface area contributed by atoms with Crippen LogP contribution in [0.15, 0.2) is 41.3 Å². The van der Waals surface area contributed by atoms with Crippen LogP contribution in [0.2, 0.25) is 0 Å². The molecule has 0 saturated carbocycles. The smallest absolute Gasteiger partial charge is 0.134 e. The Kier molecular flexibility index (Phi) is 2.60. The van der Waals surface area contributed by atoms with Crippen molar-refractivity contribution in [3.05, 3.63) is 48.2 Å². The molecule has 1 aromatic carbocycles. The second-order valence-electron chi connectivity index (χ2n) is 3.61. The molecule has 2 rings (SSSR count). The van der Waals surface area contributed by atoms with Gasteiger partial charge in [0.2, 0.25) is 0 Å². The highest BCUT2D eigenvalue weighted by Gasteiger charge is 2.16. The molecule has 0 bridgehead atoms. The predicted octanol–water partition coefficient (Wildman–Crippen LogP) is 3.35. The van der Waals surface area contributed by atoms with Gasteiger partial charge in [0, 0.05) is 10.9 Å². The number of benzene rings is 1. The van der Waals surface area contributed by atoms with Crippen molar-refractivity contribution in [3.8, 4) is 0 Å². The molecule has 0 fully saturated rings. The van der Waals surface area contributed by atoms with Crippen LogP contribution in [0.3, 0.4) is 0 Å². The highest BCUT2D eigenvalue weighted by Crippen LogP contribution is 2.31. The van der Waals surface area contributed by atoms with E-state index < -0.39 is 6.10 Å². The molecule has 0 aliphatic carbocycles. The summed E-state index contributed by atoms with van der Waals surface area (Å²) in [5, 5.41) is 10.9. The molecule has 2 nitrogen and oxygen atoms in total. The zero-order valence-corrected chi connectivity index (χ0v) is 8.73. The number of hydrogen-bond acceptors (Lipinski definition) is 2. The Morgan fingerprint density at radius 1 is 1.47 bits per heavy atom. The van der Waals surface area contributed by atoms with Crippen LogP contribution in [0.1, 0.15) is 23.8 Å². The maximum atomic E-state index is 9.96. The van der Waals surface area contributed by atoms with Gasteiger partial charge >= 0.3 is 0 Å². The number of aliphatic hydroxyl groups is 1. The predicted molar refractivity (Wildman–Crippen MR) is 60.7 cm³/mol. The SMILES string of the molecule is C=CCC(O)c1c(C)oc2ccccc12. The zero-order chi connectivity index (χ0) is 10.8. The summed E-state index contributed by atoms with van der Waals surface area (Å²) in [5.74, 6) is 0.783. The molecule has 0 aliphatic heterocycles. The molecular formula is C13H14O2. The molecule has 0 spiro atoms. The molecule has 0 radical (unpaired) electrons. The van der Waals surface area contributed by atoms with Crippen molar-refractivity contribution in [1.82, 2.24) is 0 Å². The zero-order valence-electron chi connectivity index (χ0n) is 8.73. The first-order valence-electron chi connectivity index (χ1n) is 5.01. The van der Waals surface area contributed by atoms with Crippen molar-refractivity contribution in [2.45, 2.75) is 19.4 Å². The summed E-state index contributed by atoms with van der Waals surface area (Å²) in [7, 11) is 0. The van der Waals surface area contributed by atoms with Gasteiger partial charge in [0.1, 0.15) is 11.3 Å². The van der Waals surface area contributed by atoms with E-state index in [0.29, 0.717) is 6.42 Å². The maximum absolute atomic E-state index is 9.96. The van der Waals surface area contributed by atoms with Crippen LogP contribution in [0.4, 0.5) is 0 Å². The minimum absolute atomic E-state index is 0.522. The van der Waals surface area contributed by atoms with Gasteiger partial charge < -0.3 is 9.52 Å². The Bertz CT molecular complexity index is 482. The van der Waals surface area contributed by atoms with Crippen LogP contribution < -0.4 is 0 Å². The van der Waals surface area contributed by atoms with Crippen LogP contribution in [0.25, 0.3) is 11.0 Å². The molecular weight excluding hydrogens is 188 g/mol. The van der Waals surface area contributed by atoms with E-state index in [1.165, 1.54) is 0 Å². The monoisotopic (exact) mass is 202 g/mol. The van der Waals surface area contributed by atoms with Crippen molar-refractivity contribution in [2.75, 3.05) is 0 Å². The molecule has 0 aliphatic rings. The summed E-state index contributed by atoms with van der Waals surface area (Å²) >= 11 is 0. The highest BCUT2D eigenvalue weighted by atomic mass is 16.3. The standard InChI is InChI=1S/C13H14O2/c1-3-6-11(14)13-9(2)15-12-8-5-4-7-10(12)13/h3-5,7-8,11,14H,1,6H2,2H3. The van der Waals surface area contributed by atoms with E-state index in [1.54, 1.807) is 6.08 Å². The average Bonchev–Trinajstić information content (AvgIpc) is 2.54. The number of furan rings is 1. The van der Waals surface area contributed by atoms with Gasteiger partial charge in [-0.25, -0.2) is 0 Å². The molecule has 0 saturated heterocycles. The lowest BCUT2D eigenvalue weighted by Crippen LogP contribution is -1.96. The van der Waals surface area contributed by atoms with Gasteiger partial charge in [-0.05, 0) is 19.4 Å². The Morgan fingerprint density at radius 3 is 2.93 bits per heavy atom. The third-order valence-corrected chi connectivity index (χ3v) is 2.54. The first-order chi connectivity index (χ1) is 7.24. The highest BCUT2D eigenvalue weighted by molar-refractivity contribution is 5.82. The first-order valence-corrected chi connectivity index (χ1v) is 5.01. The van der Waals surface area contributed by atoms with Gasteiger partial charge in [0.25, 0.3) is 0 Å². The molecule has 1 atom stereocenters. The lowest BCUT2D eigenvalue weighted by atomic mass is 10.0. The summed E-state index contributed by atoms with van der Waals surface area (Å²) < 4.78 is 5.57. The van der Waals surface area contributed by atoms with E-state index in [-0.39, 0.29) is 0 Å². The molecule has 0 amide bonds. The van der Waals surface area contributed by atoms with Crippen LogP contribution in [-0.2, 0) is 0 Å². The minimum atomic E-state index is -0.522. The van der Waals surface area contributed by atoms with Gasteiger partial charge in [0.15, 0.2) is 0 Å². The Morgan fingerprint density at radius 2 is 2.20 bits per heavy atom. The van der Waals surface area contributed by atoms with Gasteiger partial charge in [-0.2, -0.15) is 0 Å². The van der Waals surface area contributed by atoms with Crippen LogP contribution >= 0.6 is 0 Å². The molecule has 1 aromatic heterocycles. The van der Waals surface area contributed by atoms with Crippen LogP contribution in [0.5, 0.6) is 0 Å². The van der Waals surface area contributed by atoms with E-state index in [4.69, 9.17) is 4.42 Å². The fourth-order valence-corrected chi connectivity index (χ4v) is 1.88. The quantitative estimate of drug-likeness (QED) is 0.774. The maximum Gasteiger partial charge on any atom is 0.134 e. The summed E-state index contributed by atoms with van der Waals surface area (Å²) in [6.45, 7) is 5.51. The van der Waals surface area contributed by atoms with Gasteiger partial charge in [-0.1, -0.05) is 24.3 Å².